The van der Waals surface area contributed by atoms with Crippen LogP contribution in [0.2, 0.25) is 0 Å². The van der Waals surface area contributed by atoms with Gasteiger partial charge in [0.1, 0.15) is 18.0 Å². The van der Waals surface area contributed by atoms with E-state index in [-0.39, 0.29) is 30.4 Å². The topological polar surface area (TPSA) is 113 Å². The zero-order valence-corrected chi connectivity index (χ0v) is 19.7. The van der Waals surface area contributed by atoms with Crippen LogP contribution in [0.25, 0.3) is 11.4 Å². The van der Waals surface area contributed by atoms with Crippen molar-refractivity contribution in [3.05, 3.63) is 24.1 Å². The molecule has 9 heteroatoms. The van der Waals surface area contributed by atoms with Crippen molar-refractivity contribution in [3.63, 3.8) is 0 Å². The van der Waals surface area contributed by atoms with E-state index in [1.54, 1.807) is 32.4 Å². The Morgan fingerprint density at radius 3 is 2.44 bits per heavy atom. The molecule has 4 aliphatic rings. The average molecular weight is 470 g/mol. The molecule has 1 heterocycles. The van der Waals surface area contributed by atoms with Crippen LogP contribution >= 0.6 is 0 Å². The Balaban J connectivity index is 1.09. The fourth-order valence-electron chi connectivity index (χ4n) is 6.68. The van der Waals surface area contributed by atoms with Crippen LogP contribution in [0.5, 0.6) is 11.5 Å². The summed E-state index contributed by atoms with van der Waals surface area (Å²) in [4.78, 5) is 29.0. The second kappa shape index (κ2) is 9.27. The Morgan fingerprint density at radius 2 is 1.79 bits per heavy atom. The second-order valence-electron chi connectivity index (χ2n) is 10.1. The minimum absolute atomic E-state index is 0.0643. The highest BCUT2D eigenvalue weighted by Crippen LogP contribution is 2.61. The number of carbonyl (C=O) groups excluding carboxylic acids is 2. The van der Waals surface area contributed by atoms with Crippen molar-refractivity contribution in [1.82, 2.24) is 15.5 Å². The van der Waals surface area contributed by atoms with Gasteiger partial charge in [-0.1, -0.05) is 5.16 Å². The van der Waals surface area contributed by atoms with E-state index >= 15 is 0 Å². The maximum atomic E-state index is 12.6. The molecule has 0 atom stereocenters. The maximum absolute atomic E-state index is 12.6. The van der Waals surface area contributed by atoms with E-state index in [0.717, 1.165) is 37.0 Å². The highest BCUT2D eigenvalue weighted by atomic mass is 16.6. The molecular weight excluding hydrogens is 438 g/mol. The van der Waals surface area contributed by atoms with Gasteiger partial charge in [-0.2, -0.15) is 4.98 Å². The average Bonchev–Trinajstić information content (AvgIpc) is 3.28. The summed E-state index contributed by atoms with van der Waals surface area (Å²) in [6.07, 6.45) is 8.03. The van der Waals surface area contributed by atoms with E-state index in [9.17, 15) is 9.59 Å². The monoisotopic (exact) mass is 469 g/mol. The highest BCUT2D eigenvalue weighted by molar-refractivity contribution is 5.82. The lowest BCUT2D eigenvalue weighted by molar-refractivity contribution is -0.146. The maximum Gasteiger partial charge on any atom is 0.325 e. The molecule has 2 aromatic rings. The molecule has 0 unspecified atom stereocenters. The first-order valence-electron chi connectivity index (χ1n) is 11.9. The number of rotatable bonds is 9. The van der Waals surface area contributed by atoms with Crippen molar-refractivity contribution in [2.24, 2.45) is 23.2 Å². The number of hydrogen-bond acceptors (Lipinski definition) is 8. The molecule has 9 nitrogen and oxygen atoms in total. The minimum atomic E-state index is -0.541. The van der Waals surface area contributed by atoms with Crippen LogP contribution in [0.3, 0.4) is 0 Å². The predicted octanol–water partition coefficient (Wildman–Crippen LogP) is 3.52. The molecule has 1 amide bonds. The quantitative estimate of drug-likeness (QED) is 0.555. The fourth-order valence-corrected chi connectivity index (χ4v) is 6.68. The first-order chi connectivity index (χ1) is 16.4. The third-order valence-electron chi connectivity index (χ3n) is 7.60. The number of amides is 1. The SMILES string of the molecule is COc1ccc(-c2noc(COC(=O)CNC(=O)CC34CC5CC(CC(C5)C3)C4)n2)c(OC)c1. The van der Waals surface area contributed by atoms with Crippen LogP contribution < -0.4 is 14.8 Å². The van der Waals surface area contributed by atoms with Crippen LogP contribution in [0.1, 0.15) is 50.8 Å². The molecule has 4 saturated carbocycles. The van der Waals surface area contributed by atoms with E-state index in [1.165, 1.54) is 19.3 Å². The second-order valence-corrected chi connectivity index (χ2v) is 10.1. The Bertz CT molecular complexity index is 1030. The lowest BCUT2D eigenvalue weighted by Crippen LogP contribution is -2.48. The van der Waals surface area contributed by atoms with E-state index in [4.69, 9.17) is 18.7 Å². The van der Waals surface area contributed by atoms with Gasteiger partial charge in [0.2, 0.25) is 11.7 Å². The van der Waals surface area contributed by atoms with Gasteiger partial charge in [0.25, 0.3) is 5.89 Å². The van der Waals surface area contributed by atoms with Crippen molar-refractivity contribution < 1.29 is 28.3 Å². The molecule has 182 valence electrons. The number of aromatic nitrogens is 2. The minimum Gasteiger partial charge on any atom is -0.497 e. The van der Waals surface area contributed by atoms with Crippen molar-refractivity contribution in [2.45, 2.75) is 51.6 Å². The van der Waals surface area contributed by atoms with Gasteiger partial charge in [-0.05, 0) is 73.8 Å². The molecule has 0 saturated heterocycles. The molecule has 0 aliphatic heterocycles. The Kier molecular flexibility index (Phi) is 6.18. The molecule has 1 N–H and O–H groups in total. The lowest BCUT2D eigenvalue weighted by atomic mass is 9.49. The molecule has 1 aromatic heterocycles. The number of nitrogens with one attached hydrogen (secondary N) is 1. The van der Waals surface area contributed by atoms with Gasteiger partial charge in [0, 0.05) is 12.5 Å². The zero-order valence-electron chi connectivity index (χ0n) is 19.7. The lowest BCUT2D eigenvalue weighted by Gasteiger charge is -2.56. The normalized spacial score (nSPS) is 26.8. The van der Waals surface area contributed by atoms with E-state index in [1.807, 2.05) is 0 Å². The largest absolute Gasteiger partial charge is 0.497 e. The van der Waals surface area contributed by atoms with Crippen LogP contribution in [-0.4, -0.2) is 42.8 Å². The van der Waals surface area contributed by atoms with E-state index < -0.39 is 5.97 Å². The van der Waals surface area contributed by atoms with Crippen molar-refractivity contribution in [3.8, 4) is 22.9 Å². The molecule has 4 fully saturated rings. The number of methoxy groups -OCH3 is 2. The van der Waals surface area contributed by atoms with Gasteiger partial charge in [-0.3, -0.25) is 9.59 Å². The van der Waals surface area contributed by atoms with Gasteiger partial charge in [-0.15, -0.1) is 0 Å². The highest BCUT2D eigenvalue weighted by Gasteiger charge is 2.51. The first kappa shape index (κ1) is 22.7. The molecule has 4 aliphatic carbocycles. The number of ether oxygens (including phenoxy) is 3. The number of hydrogen-bond donors (Lipinski definition) is 1. The van der Waals surface area contributed by atoms with Crippen LogP contribution in [-0.2, 0) is 20.9 Å². The summed E-state index contributed by atoms with van der Waals surface area (Å²) in [6, 6.07) is 5.25. The number of esters is 1. The van der Waals surface area contributed by atoms with Crippen molar-refractivity contribution >= 4 is 11.9 Å². The molecule has 4 bridgehead atoms. The Labute approximate surface area is 198 Å². The van der Waals surface area contributed by atoms with Crippen molar-refractivity contribution in [2.75, 3.05) is 20.8 Å². The van der Waals surface area contributed by atoms with Crippen LogP contribution in [0.15, 0.2) is 22.7 Å². The van der Waals surface area contributed by atoms with Gasteiger partial charge < -0.3 is 24.1 Å². The molecule has 1 aromatic carbocycles. The summed E-state index contributed by atoms with van der Waals surface area (Å²) in [5.74, 6) is 3.42. The van der Waals surface area contributed by atoms with E-state index in [0.29, 0.717) is 29.3 Å². The number of carbonyl (C=O) groups is 2. The van der Waals surface area contributed by atoms with Gasteiger partial charge >= 0.3 is 5.97 Å². The molecule has 34 heavy (non-hydrogen) atoms. The summed E-state index contributed by atoms with van der Waals surface area (Å²) in [6.45, 7) is -0.340. The smallest absolute Gasteiger partial charge is 0.325 e. The molecule has 0 spiro atoms. The number of nitrogens with zero attached hydrogens (tertiary/aromatic N) is 2. The van der Waals surface area contributed by atoms with Gasteiger partial charge in [-0.25, -0.2) is 0 Å². The first-order valence-corrected chi connectivity index (χ1v) is 11.9. The van der Waals surface area contributed by atoms with Gasteiger partial charge in [0.05, 0.1) is 19.8 Å². The summed E-state index contributed by atoms with van der Waals surface area (Å²) >= 11 is 0. The Morgan fingerprint density at radius 1 is 1.09 bits per heavy atom. The van der Waals surface area contributed by atoms with Gasteiger partial charge in [0.15, 0.2) is 6.61 Å². The molecule has 6 rings (SSSR count). The van der Waals surface area contributed by atoms with E-state index in [2.05, 4.69) is 15.5 Å². The zero-order chi connectivity index (χ0) is 23.7. The van der Waals surface area contributed by atoms with Crippen LogP contribution in [0, 0.1) is 23.2 Å². The molecular formula is C25H31N3O6. The standard InChI is InChI=1S/C25H31N3O6/c1-31-18-3-4-19(20(8-18)32-2)24-27-22(34-28-24)14-33-23(30)13-26-21(29)12-25-9-15-5-16(10-25)7-17(6-15)11-25/h3-4,8,15-17H,5-7,9-14H2,1-2H3,(H,26,29). The third-order valence-corrected chi connectivity index (χ3v) is 7.60. The third kappa shape index (κ3) is 4.74. The summed E-state index contributed by atoms with van der Waals surface area (Å²) in [7, 11) is 3.11. The number of benzene rings is 1. The summed E-state index contributed by atoms with van der Waals surface area (Å²) in [5.41, 5.74) is 0.771. The fraction of sp³-hybridized carbons (Fsp3) is 0.600. The summed E-state index contributed by atoms with van der Waals surface area (Å²) in [5, 5.41) is 6.68. The van der Waals surface area contributed by atoms with Crippen LogP contribution in [0.4, 0.5) is 0 Å². The Hall–Kier alpha value is -3.10. The van der Waals surface area contributed by atoms with Crippen molar-refractivity contribution in [1.29, 1.82) is 0 Å². The predicted molar refractivity (Wildman–Crippen MR) is 121 cm³/mol. The summed E-state index contributed by atoms with van der Waals surface area (Å²) < 4.78 is 21.0. The molecule has 0 radical (unpaired) electrons.